The topological polar surface area (TPSA) is 59.9 Å². The van der Waals surface area contributed by atoms with Crippen molar-refractivity contribution in [3.8, 4) is 17.2 Å². The highest BCUT2D eigenvalue weighted by atomic mass is 16.1. The maximum Gasteiger partial charge on any atom is 0.253 e. The second-order valence-electron chi connectivity index (χ2n) is 7.77. The first-order chi connectivity index (χ1) is 13.7. The van der Waals surface area contributed by atoms with Crippen molar-refractivity contribution in [3.05, 3.63) is 93.9 Å². The van der Waals surface area contributed by atoms with Gasteiger partial charge in [-0.15, -0.1) is 0 Å². The zero-order valence-electron chi connectivity index (χ0n) is 15.7. The van der Waals surface area contributed by atoms with Gasteiger partial charge in [0.2, 0.25) is 0 Å². The molecule has 4 heteroatoms. The average Bonchev–Trinajstić information content (AvgIpc) is 2.75. The minimum atomic E-state index is -0.192. The average molecular weight is 367 g/mol. The largest absolute Gasteiger partial charge is 0.328 e. The summed E-state index contributed by atoms with van der Waals surface area (Å²) in [4.78, 5) is 18.1. The molecule has 2 bridgehead atoms. The Labute approximate surface area is 164 Å². The molecule has 3 heterocycles. The van der Waals surface area contributed by atoms with Gasteiger partial charge in [0, 0.05) is 29.3 Å². The number of benzene rings is 2. The molecule has 0 amide bonds. The number of hydrogen-bond donors (Lipinski definition) is 1. The van der Waals surface area contributed by atoms with Gasteiger partial charge in [-0.1, -0.05) is 60.7 Å². The Bertz CT molecular complexity index is 1110. The van der Waals surface area contributed by atoms with Crippen LogP contribution in [0.3, 0.4) is 0 Å². The van der Waals surface area contributed by atoms with Gasteiger partial charge >= 0.3 is 0 Å². The van der Waals surface area contributed by atoms with E-state index in [9.17, 15) is 10.1 Å². The van der Waals surface area contributed by atoms with Crippen LogP contribution in [-0.2, 0) is 0 Å². The molecule has 4 nitrogen and oxygen atoms in total. The summed E-state index contributed by atoms with van der Waals surface area (Å²) in [5, 5.41) is 9.80. The Morgan fingerprint density at radius 1 is 1.00 bits per heavy atom. The number of nitrogens with zero attached hydrogens (tertiary/aromatic N) is 2. The molecule has 3 aromatic rings. The van der Waals surface area contributed by atoms with Crippen LogP contribution in [0.5, 0.6) is 0 Å². The smallest absolute Gasteiger partial charge is 0.253 e. The summed E-state index contributed by atoms with van der Waals surface area (Å²) >= 11 is 0. The van der Waals surface area contributed by atoms with Gasteiger partial charge < -0.3 is 4.98 Å². The third-order valence-electron chi connectivity index (χ3n) is 6.38. The summed E-state index contributed by atoms with van der Waals surface area (Å²) in [5.74, 6) is -0.0656. The van der Waals surface area contributed by atoms with Crippen molar-refractivity contribution in [1.82, 2.24) is 9.88 Å². The van der Waals surface area contributed by atoms with E-state index in [-0.39, 0.29) is 29.5 Å². The third kappa shape index (κ3) is 2.37. The van der Waals surface area contributed by atoms with Crippen molar-refractivity contribution >= 4 is 0 Å². The van der Waals surface area contributed by atoms with E-state index in [1.54, 1.807) is 0 Å². The Hall–Kier alpha value is -3.16. The van der Waals surface area contributed by atoms with Crippen LogP contribution < -0.4 is 5.56 Å². The van der Waals surface area contributed by atoms with Crippen LogP contribution in [0.25, 0.3) is 11.1 Å². The highest BCUT2D eigenvalue weighted by Gasteiger charge is 2.51. The van der Waals surface area contributed by atoms with Gasteiger partial charge in [-0.05, 0) is 30.2 Å². The summed E-state index contributed by atoms with van der Waals surface area (Å²) in [6.07, 6.45) is 2.63. The van der Waals surface area contributed by atoms with E-state index >= 15 is 0 Å². The minimum Gasteiger partial charge on any atom is -0.328 e. The summed E-state index contributed by atoms with van der Waals surface area (Å²) in [6, 6.07) is 23.1. The monoisotopic (exact) mass is 367 g/mol. The summed E-state index contributed by atoms with van der Waals surface area (Å²) in [7, 11) is 2.05. The van der Waals surface area contributed by atoms with E-state index in [0.717, 1.165) is 28.7 Å². The fourth-order valence-corrected chi connectivity index (χ4v) is 5.30. The van der Waals surface area contributed by atoms with Crippen molar-refractivity contribution in [1.29, 1.82) is 5.26 Å². The fourth-order valence-electron chi connectivity index (χ4n) is 5.30. The maximum atomic E-state index is 12.9. The molecule has 1 unspecified atom stereocenters. The quantitative estimate of drug-likeness (QED) is 0.730. The molecule has 1 saturated heterocycles. The number of likely N-dealkylation sites (N-methyl/N-ethyl adjacent to an activating group) is 1. The van der Waals surface area contributed by atoms with Crippen molar-refractivity contribution in [2.75, 3.05) is 7.05 Å². The lowest BCUT2D eigenvalue weighted by molar-refractivity contribution is 0.0449. The zero-order chi connectivity index (χ0) is 19.3. The minimum absolute atomic E-state index is 0.0667. The first kappa shape index (κ1) is 17.0. The van der Waals surface area contributed by atoms with Gasteiger partial charge in [-0.25, -0.2) is 0 Å². The molecule has 0 radical (unpaired) electrons. The Morgan fingerprint density at radius 3 is 2.36 bits per heavy atom. The van der Waals surface area contributed by atoms with Gasteiger partial charge in [-0.2, -0.15) is 5.26 Å². The molecule has 6 rings (SSSR count). The molecule has 0 saturated carbocycles. The number of pyridine rings is 1. The highest BCUT2D eigenvalue weighted by molar-refractivity contribution is 5.70. The van der Waals surface area contributed by atoms with Crippen LogP contribution in [0.15, 0.2) is 71.7 Å². The molecule has 4 atom stereocenters. The molecule has 1 N–H and O–H groups in total. The Balaban J connectivity index is 1.78. The lowest BCUT2D eigenvalue weighted by atomic mass is 9.63. The normalized spacial score (nSPS) is 25.9. The standard InChI is InChI=1S/C24H21N3O/c1-27-22(16-10-6-3-7-11-16)18-12-17(13-25)23(27)21-20(18)19(14-26-24(21)28)15-8-4-2-5-9-15/h2-11,14,17-18,22-23H,12H2,1H3,(H,26,28)/t17?,18-,22+,23+/m1/s1. The van der Waals surface area contributed by atoms with Crippen molar-refractivity contribution in [3.63, 3.8) is 0 Å². The van der Waals surface area contributed by atoms with Gasteiger partial charge in [0.15, 0.2) is 0 Å². The predicted molar refractivity (Wildman–Crippen MR) is 109 cm³/mol. The molecular weight excluding hydrogens is 346 g/mol. The SMILES string of the molecule is CN1[C@@H]2c3c(c(-c4ccccc4)c[nH]c3=O)[C@@H](CC2C#N)[C@@H]1c1ccccc1. The highest BCUT2D eigenvalue weighted by Crippen LogP contribution is 2.58. The zero-order valence-corrected chi connectivity index (χ0v) is 15.7. The Morgan fingerprint density at radius 2 is 1.68 bits per heavy atom. The number of piperidine rings is 1. The van der Waals surface area contributed by atoms with Crippen LogP contribution >= 0.6 is 0 Å². The number of aromatic amines is 1. The number of aromatic nitrogens is 1. The third-order valence-corrected chi connectivity index (χ3v) is 6.38. The predicted octanol–water partition coefficient (Wildman–Crippen LogP) is 4.40. The summed E-state index contributed by atoms with van der Waals surface area (Å²) in [6.45, 7) is 0. The van der Waals surface area contributed by atoms with Crippen LogP contribution in [0.1, 0.15) is 41.1 Å². The molecule has 1 aromatic heterocycles. The second-order valence-corrected chi connectivity index (χ2v) is 7.77. The van der Waals surface area contributed by atoms with Crippen molar-refractivity contribution in [2.24, 2.45) is 5.92 Å². The molecule has 138 valence electrons. The molecule has 2 aromatic carbocycles. The Kier molecular flexibility index (Phi) is 3.92. The number of hydrogen-bond acceptors (Lipinski definition) is 3. The first-order valence-corrected chi connectivity index (χ1v) is 9.68. The van der Waals surface area contributed by atoms with E-state index in [1.165, 1.54) is 5.56 Å². The molecule has 3 aliphatic rings. The summed E-state index contributed by atoms with van der Waals surface area (Å²) in [5.41, 5.74) is 5.25. The second kappa shape index (κ2) is 6.47. The molecular formula is C24H21N3O. The van der Waals surface area contributed by atoms with E-state index in [2.05, 4.69) is 59.4 Å². The molecule has 28 heavy (non-hydrogen) atoms. The number of rotatable bonds is 2. The lowest BCUT2D eigenvalue weighted by Crippen LogP contribution is -2.49. The van der Waals surface area contributed by atoms with Crippen molar-refractivity contribution < 1.29 is 0 Å². The number of nitrogens with one attached hydrogen (secondary N) is 1. The van der Waals surface area contributed by atoms with Crippen LogP contribution in [0.4, 0.5) is 0 Å². The van der Waals surface area contributed by atoms with E-state index in [0.29, 0.717) is 0 Å². The van der Waals surface area contributed by atoms with Crippen LogP contribution in [0.2, 0.25) is 0 Å². The molecule has 1 fully saturated rings. The van der Waals surface area contributed by atoms with Crippen LogP contribution in [-0.4, -0.2) is 16.9 Å². The summed E-state index contributed by atoms with van der Waals surface area (Å²) < 4.78 is 0. The van der Waals surface area contributed by atoms with Gasteiger partial charge in [-0.3, -0.25) is 9.69 Å². The van der Waals surface area contributed by atoms with Gasteiger partial charge in [0.25, 0.3) is 5.56 Å². The number of fused-ring (bicyclic) bond motifs is 2. The molecule has 2 aliphatic heterocycles. The molecule has 0 spiro atoms. The van der Waals surface area contributed by atoms with Gasteiger partial charge in [0.05, 0.1) is 18.0 Å². The molecule has 1 aliphatic carbocycles. The maximum absolute atomic E-state index is 12.9. The van der Waals surface area contributed by atoms with E-state index in [1.807, 2.05) is 30.5 Å². The lowest BCUT2D eigenvalue weighted by Gasteiger charge is -2.53. The van der Waals surface area contributed by atoms with Crippen LogP contribution in [0, 0.1) is 17.2 Å². The number of H-pyrrole nitrogens is 1. The van der Waals surface area contributed by atoms with Gasteiger partial charge in [0.1, 0.15) is 0 Å². The van der Waals surface area contributed by atoms with Crippen molar-refractivity contribution in [2.45, 2.75) is 24.4 Å². The first-order valence-electron chi connectivity index (χ1n) is 9.68. The van der Waals surface area contributed by atoms with E-state index < -0.39 is 0 Å². The number of nitriles is 1. The van der Waals surface area contributed by atoms with E-state index in [4.69, 9.17) is 0 Å². The fraction of sp³-hybridized carbons (Fsp3) is 0.250.